The summed E-state index contributed by atoms with van der Waals surface area (Å²) in [6.07, 6.45) is 1.24. The van der Waals surface area contributed by atoms with Crippen molar-refractivity contribution in [1.82, 2.24) is 14.6 Å². The molecule has 0 atom stereocenters. The molecule has 0 radical (unpaired) electrons. The summed E-state index contributed by atoms with van der Waals surface area (Å²) in [6.45, 7) is -0.250. The van der Waals surface area contributed by atoms with Gasteiger partial charge in [0.2, 0.25) is 11.3 Å². The van der Waals surface area contributed by atoms with Crippen LogP contribution in [0.4, 0.5) is 8.78 Å². The largest absolute Gasteiger partial charge is 0.481 e. The van der Waals surface area contributed by atoms with E-state index in [1.807, 2.05) is 0 Å². The Morgan fingerprint density at radius 2 is 1.86 bits per heavy atom. The number of carbonyl (C=O) groups is 1. The molecule has 0 N–H and O–H groups in total. The molecule has 28 heavy (non-hydrogen) atoms. The van der Waals surface area contributed by atoms with Crippen LogP contribution in [0.3, 0.4) is 0 Å². The van der Waals surface area contributed by atoms with E-state index in [0.717, 1.165) is 17.2 Å². The van der Waals surface area contributed by atoms with Gasteiger partial charge in [-0.2, -0.15) is 0 Å². The van der Waals surface area contributed by atoms with Crippen LogP contribution < -0.4 is 10.2 Å². The second-order valence-corrected chi connectivity index (χ2v) is 5.91. The number of aromatic nitrogens is 2. The van der Waals surface area contributed by atoms with Crippen LogP contribution in [0.15, 0.2) is 41.3 Å². The quantitative estimate of drug-likeness (QED) is 0.627. The van der Waals surface area contributed by atoms with Crippen LogP contribution in [0.2, 0.25) is 0 Å². The molecule has 0 aliphatic heterocycles. The van der Waals surface area contributed by atoms with Crippen LogP contribution >= 0.6 is 0 Å². The number of carbonyl (C=O) groups excluding carboxylic acids is 1. The Morgan fingerprint density at radius 1 is 1.18 bits per heavy atom. The van der Waals surface area contributed by atoms with Gasteiger partial charge in [-0.3, -0.25) is 14.4 Å². The second kappa shape index (κ2) is 7.73. The maximum absolute atomic E-state index is 14.1. The summed E-state index contributed by atoms with van der Waals surface area (Å²) in [5, 5.41) is 0.872. The standard InChI is InChI=1S/C19H17F2N3O4/c1-23(28-3)19(26)12-10-24(9-11-13(20)5-4-6-14(11)21)15-7-8-16(27-2)22-17(15)18(12)25/h4-8,10H,9H2,1-3H3. The Bertz CT molecular complexity index is 1090. The summed E-state index contributed by atoms with van der Waals surface area (Å²) < 4.78 is 34.7. The van der Waals surface area contributed by atoms with Gasteiger partial charge in [-0.25, -0.2) is 18.8 Å². The zero-order chi connectivity index (χ0) is 20.4. The molecular formula is C19H17F2N3O4. The highest BCUT2D eigenvalue weighted by Gasteiger charge is 2.21. The van der Waals surface area contributed by atoms with Gasteiger partial charge in [-0.15, -0.1) is 0 Å². The van der Waals surface area contributed by atoms with Crippen molar-refractivity contribution in [2.24, 2.45) is 0 Å². The lowest BCUT2D eigenvalue weighted by atomic mass is 10.1. The van der Waals surface area contributed by atoms with E-state index >= 15 is 0 Å². The van der Waals surface area contributed by atoms with Gasteiger partial charge in [-0.1, -0.05) is 6.07 Å². The van der Waals surface area contributed by atoms with E-state index in [0.29, 0.717) is 5.52 Å². The van der Waals surface area contributed by atoms with Crippen LogP contribution in [0, 0.1) is 11.6 Å². The molecule has 9 heteroatoms. The molecule has 2 aromatic heterocycles. The van der Waals surface area contributed by atoms with Crippen molar-refractivity contribution >= 4 is 16.9 Å². The predicted molar refractivity (Wildman–Crippen MR) is 97.1 cm³/mol. The number of amides is 1. The summed E-state index contributed by atoms with van der Waals surface area (Å²) in [5.41, 5.74) is -0.874. The molecule has 3 aromatic rings. The number of fused-ring (bicyclic) bond motifs is 1. The molecule has 3 rings (SSSR count). The number of rotatable bonds is 5. The normalized spacial score (nSPS) is 10.9. The first kappa shape index (κ1) is 19.4. The van der Waals surface area contributed by atoms with E-state index in [1.165, 1.54) is 50.2 Å². The zero-order valence-electron chi connectivity index (χ0n) is 15.4. The predicted octanol–water partition coefficient (Wildman–Crippen LogP) is 2.37. The lowest BCUT2D eigenvalue weighted by molar-refractivity contribution is -0.0758. The summed E-state index contributed by atoms with van der Waals surface area (Å²) in [6, 6.07) is 6.57. The number of halogens is 2. The second-order valence-electron chi connectivity index (χ2n) is 5.91. The van der Waals surface area contributed by atoms with E-state index in [4.69, 9.17) is 9.57 Å². The first-order valence-electron chi connectivity index (χ1n) is 8.20. The molecule has 7 nitrogen and oxygen atoms in total. The van der Waals surface area contributed by atoms with Gasteiger partial charge >= 0.3 is 0 Å². The number of hydrogen-bond acceptors (Lipinski definition) is 5. The van der Waals surface area contributed by atoms with Gasteiger partial charge < -0.3 is 9.30 Å². The lowest BCUT2D eigenvalue weighted by Gasteiger charge is -2.17. The molecule has 1 aromatic carbocycles. The fourth-order valence-corrected chi connectivity index (χ4v) is 2.75. The molecule has 0 saturated carbocycles. The van der Waals surface area contributed by atoms with Crippen molar-refractivity contribution in [2.75, 3.05) is 21.3 Å². The Morgan fingerprint density at radius 3 is 2.46 bits per heavy atom. The van der Waals surface area contributed by atoms with Gasteiger partial charge in [0.1, 0.15) is 22.7 Å². The zero-order valence-corrected chi connectivity index (χ0v) is 15.4. The van der Waals surface area contributed by atoms with Crippen molar-refractivity contribution in [3.8, 4) is 5.88 Å². The minimum atomic E-state index is -0.741. The fourth-order valence-electron chi connectivity index (χ4n) is 2.75. The molecule has 146 valence electrons. The highest BCUT2D eigenvalue weighted by atomic mass is 19.1. The maximum Gasteiger partial charge on any atom is 0.282 e. The first-order valence-corrected chi connectivity index (χ1v) is 8.20. The third-order valence-corrected chi connectivity index (χ3v) is 4.29. The number of benzene rings is 1. The summed E-state index contributed by atoms with van der Waals surface area (Å²) >= 11 is 0. The maximum atomic E-state index is 14.1. The average molecular weight is 389 g/mol. The van der Waals surface area contributed by atoms with E-state index in [9.17, 15) is 18.4 Å². The monoisotopic (exact) mass is 389 g/mol. The molecule has 1 amide bonds. The lowest BCUT2D eigenvalue weighted by Crippen LogP contribution is -2.31. The van der Waals surface area contributed by atoms with Crippen LogP contribution in [0.5, 0.6) is 5.88 Å². The number of methoxy groups -OCH3 is 1. The van der Waals surface area contributed by atoms with Crippen molar-refractivity contribution < 1.29 is 23.1 Å². The van der Waals surface area contributed by atoms with Crippen LogP contribution in [0.1, 0.15) is 15.9 Å². The van der Waals surface area contributed by atoms with Crippen LogP contribution in [-0.4, -0.2) is 41.8 Å². The molecule has 2 heterocycles. The van der Waals surface area contributed by atoms with E-state index in [1.54, 1.807) is 0 Å². The number of nitrogens with zero attached hydrogens (tertiary/aromatic N) is 3. The van der Waals surface area contributed by atoms with Gasteiger partial charge in [0, 0.05) is 24.9 Å². The minimum Gasteiger partial charge on any atom is -0.481 e. The molecule has 0 unspecified atom stereocenters. The fraction of sp³-hybridized carbons (Fsp3) is 0.211. The van der Waals surface area contributed by atoms with E-state index in [-0.39, 0.29) is 29.1 Å². The van der Waals surface area contributed by atoms with Crippen molar-refractivity contribution in [1.29, 1.82) is 0 Å². The summed E-state index contributed by atoms with van der Waals surface area (Å²) in [4.78, 5) is 34.3. The first-order chi connectivity index (χ1) is 13.4. The highest BCUT2D eigenvalue weighted by Crippen LogP contribution is 2.19. The third-order valence-electron chi connectivity index (χ3n) is 4.29. The minimum absolute atomic E-state index is 0.0635. The summed E-state index contributed by atoms with van der Waals surface area (Å²) in [5.74, 6) is -2.04. The van der Waals surface area contributed by atoms with Crippen molar-refractivity contribution in [3.05, 3.63) is 69.5 Å². The van der Waals surface area contributed by atoms with Gasteiger partial charge in [-0.05, 0) is 18.2 Å². The molecular weight excluding hydrogens is 372 g/mol. The van der Waals surface area contributed by atoms with E-state index < -0.39 is 23.0 Å². The highest BCUT2D eigenvalue weighted by molar-refractivity contribution is 5.96. The average Bonchev–Trinajstić information content (AvgIpc) is 2.70. The van der Waals surface area contributed by atoms with Crippen molar-refractivity contribution in [2.45, 2.75) is 6.54 Å². The molecule has 0 spiro atoms. The Kier molecular flexibility index (Phi) is 5.36. The van der Waals surface area contributed by atoms with Crippen LogP contribution in [0.25, 0.3) is 11.0 Å². The van der Waals surface area contributed by atoms with Crippen LogP contribution in [-0.2, 0) is 11.4 Å². The Hall–Kier alpha value is -3.33. The number of ether oxygens (including phenoxy) is 1. The molecule has 0 aliphatic carbocycles. The number of hydrogen-bond donors (Lipinski definition) is 0. The number of pyridine rings is 2. The van der Waals surface area contributed by atoms with Crippen molar-refractivity contribution in [3.63, 3.8) is 0 Å². The molecule has 0 saturated heterocycles. The SMILES string of the molecule is COc1ccc2c(n1)c(=O)c(C(=O)N(C)OC)cn2Cc1c(F)cccc1F. The van der Waals surface area contributed by atoms with Gasteiger partial charge in [0.15, 0.2) is 0 Å². The molecule has 0 fully saturated rings. The molecule has 0 bridgehead atoms. The van der Waals surface area contributed by atoms with Gasteiger partial charge in [0.25, 0.3) is 5.91 Å². The van der Waals surface area contributed by atoms with E-state index in [2.05, 4.69) is 4.98 Å². The Balaban J connectivity index is 2.27. The Labute approximate surface area is 158 Å². The number of hydroxylamine groups is 2. The summed E-state index contributed by atoms with van der Waals surface area (Å²) in [7, 11) is 3.99. The molecule has 0 aliphatic rings. The third kappa shape index (κ3) is 3.44. The topological polar surface area (TPSA) is 73.7 Å². The smallest absolute Gasteiger partial charge is 0.282 e. The van der Waals surface area contributed by atoms with Gasteiger partial charge in [0.05, 0.1) is 26.3 Å².